The minimum absolute atomic E-state index is 0. The Balaban J connectivity index is 0.00000673. The number of thioether (sulfide) groups is 2. The molecule has 3 aliphatic heterocycles. The summed E-state index contributed by atoms with van der Waals surface area (Å²) in [6.45, 7) is 3.73. The molecule has 1 aromatic heterocycles. The molecule has 25 heteroatoms. The summed E-state index contributed by atoms with van der Waals surface area (Å²) in [5.41, 5.74) is -2.64. The van der Waals surface area contributed by atoms with Crippen LogP contribution in [0.5, 0.6) is 11.5 Å². The molecule has 2 saturated heterocycles. The number of aryl methyl sites for hydroxylation is 1. The number of nitrogens with zero attached hydrogens (tertiary/aromatic N) is 7. The molecule has 5 rings (SSSR count). The average molecular weight is 811 g/mol. The van der Waals surface area contributed by atoms with Gasteiger partial charge in [-0.2, -0.15) is 0 Å². The van der Waals surface area contributed by atoms with Gasteiger partial charge in [0, 0.05) is 52.0 Å². The summed E-state index contributed by atoms with van der Waals surface area (Å²) >= 11 is 2.09. The Hall–Kier alpha value is -5.04. The molecule has 0 aliphatic carbocycles. The second-order valence-corrected chi connectivity index (χ2v) is 13.6. The Morgan fingerprint density at radius 1 is 1.09 bits per heavy atom. The van der Waals surface area contributed by atoms with Crippen molar-refractivity contribution < 1.29 is 87.3 Å². The van der Waals surface area contributed by atoms with Crippen molar-refractivity contribution in [2.75, 3.05) is 31.1 Å². The Bertz CT molecular complexity index is 2000. The maximum absolute atomic E-state index is 14.3. The average Bonchev–Trinajstić information content (AvgIpc) is 3.54. The van der Waals surface area contributed by atoms with Crippen molar-refractivity contribution in [3.8, 4) is 11.5 Å². The molecular weight excluding hydrogens is 780 g/mol. The molecule has 7 amide bonds. The predicted octanol–water partition coefficient (Wildman–Crippen LogP) is -6.22. The number of carboxylic acids is 1. The Labute approximate surface area is 341 Å². The van der Waals surface area contributed by atoms with Crippen LogP contribution in [0.25, 0.3) is 0 Å². The summed E-state index contributed by atoms with van der Waals surface area (Å²) in [7, 11) is 1.58. The van der Waals surface area contributed by atoms with Gasteiger partial charge >= 0.3 is 59.3 Å². The summed E-state index contributed by atoms with van der Waals surface area (Å²) in [6, 6.07) is 0.375. The van der Waals surface area contributed by atoms with Crippen molar-refractivity contribution in [2.45, 2.75) is 43.0 Å². The van der Waals surface area contributed by atoms with Crippen molar-refractivity contribution in [2.24, 2.45) is 7.05 Å². The number of tetrazole rings is 1. The van der Waals surface area contributed by atoms with Gasteiger partial charge in [0.05, 0.1) is 11.7 Å². The van der Waals surface area contributed by atoms with E-state index >= 15 is 0 Å². The van der Waals surface area contributed by atoms with Gasteiger partial charge in [0.1, 0.15) is 11.4 Å². The van der Waals surface area contributed by atoms with Gasteiger partial charge in [-0.3, -0.25) is 43.4 Å². The fraction of sp³-hybridized carbons (Fsp3) is 0.400. The molecule has 3 N–H and O–H groups in total. The molecule has 1 unspecified atom stereocenters. The summed E-state index contributed by atoms with van der Waals surface area (Å²) in [5.74, 6) is -8.30. The molecule has 0 saturated carbocycles. The number of esters is 2. The van der Waals surface area contributed by atoms with Crippen molar-refractivity contribution >= 4 is 77.5 Å². The molecule has 1 aromatic carbocycles. The SMILES string of the molecule is CCN1CCN(C(=O)NC(C(=O)N[C@]2(NC=O)C(=O)N3C(C(=O)[O-])=C(CSc4nnnn4C)CS[C@H]32)c2ccc(OC(C)=O)c(OC(C)=O)c2)C(=O)C1=O.[Na+]. The molecule has 2 fully saturated rings. The molecule has 0 radical (unpaired) electrons. The number of likely N-dealkylation sites (N-methyl/N-ethyl adjacent to an activating group) is 1. The van der Waals surface area contributed by atoms with Crippen LogP contribution in [0.15, 0.2) is 34.6 Å². The number of β-lactam (4-membered cyclic amide) rings is 1. The van der Waals surface area contributed by atoms with E-state index < -0.39 is 70.3 Å². The Morgan fingerprint density at radius 3 is 2.38 bits per heavy atom. The molecule has 0 spiro atoms. The first kappa shape index (κ1) is 42.7. The maximum atomic E-state index is 14.3. The number of carbonyl (C=O) groups is 9. The van der Waals surface area contributed by atoms with Crippen LogP contribution in [0, 0.1) is 0 Å². The molecule has 3 atom stereocenters. The summed E-state index contributed by atoms with van der Waals surface area (Å²) < 4.78 is 11.6. The standard InChI is InChI=1S/C30H32N10O12S2.Na/c1-5-38-8-9-39(24(46)23(38)45)28(50)32-20(16-6-7-18(51-14(2)42)19(10-16)52-15(3)43)22(44)33-30(31-13-41)26(49)40-21(25(47)48)17(11-53-27(30)40)12-54-29-34-35-36-37(29)4;/h6-7,10,13,20,27H,5,8-9,11-12H2,1-4H3,(H,31,41)(H,32,50)(H,33,44)(H,47,48);/q;+1/p-1/t20?,27-,30+;/m0./s1. The third-order valence-electron chi connectivity index (χ3n) is 8.18. The zero-order valence-electron chi connectivity index (χ0n) is 29.8. The zero-order chi connectivity index (χ0) is 39.5. The van der Waals surface area contributed by atoms with E-state index in [0.29, 0.717) is 10.1 Å². The monoisotopic (exact) mass is 810 g/mol. The first-order chi connectivity index (χ1) is 25.6. The zero-order valence-corrected chi connectivity index (χ0v) is 33.5. The van der Waals surface area contributed by atoms with Gasteiger partial charge in [0.25, 0.3) is 5.91 Å². The number of urea groups is 1. The normalized spacial score (nSPS) is 19.7. The van der Waals surface area contributed by atoms with Gasteiger partial charge < -0.3 is 40.2 Å². The molecule has 2 aromatic rings. The third kappa shape index (κ3) is 8.61. The van der Waals surface area contributed by atoms with Crippen LogP contribution in [0.1, 0.15) is 32.4 Å². The number of amides is 7. The smallest absolute Gasteiger partial charge is 0.543 e. The molecule has 22 nitrogen and oxygen atoms in total. The maximum Gasteiger partial charge on any atom is 1.00 e. The predicted molar refractivity (Wildman–Crippen MR) is 179 cm³/mol. The number of rotatable bonds is 13. The second kappa shape index (κ2) is 17.6. The summed E-state index contributed by atoms with van der Waals surface area (Å²) in [4.78, 5) is 118. The number of imide groups is 1. The number of benzene rings is 1. The van der Waals surface area contributed by atoms with Crippen molar-refractivity contribution in [1.82, 2.24) is 50.9 Å². The number of carboxylic acid groups (broad SMARTS) is 1. The van der Waals surface area contributed by atoms with Crippen molar-refractivity contribution in [3.05, 3.63) is 35.0 Å². The van der Waals surface area contributed by atoms with Gasteiger partial charge in [0.15, 0.2) is 11.5 Å². The number of ether oxygens (including phenoxy) is 2. The summed E-state index contributed by atoms with van der Waals surface area (Å²) in [6.07, 6.45) is 0.114. The van der Waals surface area contributed by atoms with Crippen LogP contribution in [0.2, 0.25) is 0 Å². The van der Waals surface area contributed by atoms with Crippen LogP contribution < -0.4 is 60.1 Å². The molecule has 0 bridgehead atoms. The third-order valence-corrected chi connectivity index (χ3v) is 10.7. The molecular formula is C30H31N10NaO12S2. The van der Waals surface area contributed by atoms with E-state index in [2.05, 4.69) is 31.5 Å². The Kier molecular flexibility index (Phi) is 13.7. The largest absolute Gasteiger partial charge is 1.00 e. The number of aliphatic carboxylic acids is 1. The topological polar surface area (TPSA) is 285 Å². The van der Waals surface area contributed by atoms with Gasteiger partial charge in [0.2, 0.25) is 23.1 Å². The number of piperazine rings is 1. The molecule has 55 heavy (non-hydrogen) atoms. The van der Waals surface area contributed by atoms with E-state index in [0.717, 1.165) is 54.4 Å². The van der Waals surface area contributed by atoms with Crippen LogP contribution >= 0.6 is 23.5 Å². The van der Waals surface area contributed by atoms with E-state index in [-0.39, 0.29) is 89.7 Å². The fourth-order valence-corrected chi connectivity index (χ4v) is 8.12. The minimum Gasteiger partial charge on any atom is -0.543 e. The van der Waals surface area contributed by atoms with E-state index in [1.54, 1.807) is 14.0 Å². The van der Waals surface area contributed by atoms with Gasteiger partial charge in [-0.15, -0.1) is 16.9 Å². The van der Waals surface area contributed by atoms with E-state index in [4.69, 9.17) is 9.47 Å². The fourth-order valence-electron chi connectivity index (χ4n) is 5.71. The number of carbonyl (C=O) groups excluding carboxylic acids is 9. The first-order valence-electron chi connectivity index (χ1n) is 15.8. The van der Waals surface area contributed by atoms with Gasteiger partial charge in [-0.25, -0.2) is 9.48 Å². The number of aromatic nitrogens is 4. The van der Waals surface area contributed by atoms with Crippen LogP contribution in [-0.2, 0) is 45.4 Å². The van der Waals surface area contributed by atoms with E-state index in [1.165, 1.54) is 15.6 Å². The Morgan fingerprint density at radius 2 is 1.78 bits per heavy atom. The van der Waals surface area contributed by atoms with Gasteiger partial charge in [-0.1, -0.05) is 17.8 Å². The van der Waals surface area contributed by atoms with Crippen LogP contribution in [0.4, 0.5) is 4.79 Å². The number of hydrogen-bond acceptors (Lipinski definition) is 17. The van der Waals surface area contributed by atoms with Crippen LogP contribution in [0.3, 0.4) is 0 Å². The number of nitrogens with one attached hydrogen (secondary N) is 3. The quantitative estimate of drug-likeness (QED) is 0.0248. The van der Waals surface area contributed by atoms with Gasteiger partial charge in [-0.05, 0) is 40.6 Å². The van der Waals surface area contributed by atoms with Crippen molar-refractivity contribution in [1.29, 1.82) is 0 Å². The minimum atomic E-state index is -2.27. The van der Waals surface area contributed by atoms with Crippen molar-refractivity contribution in [3.63, 3.8) is 0 Å². The second-order valence-electron chi connectivity index (χ2n) is 11.6. The number of fused-ring (bicyclic) bond motifs is 1. The first-order valence-corrected chi connectivity index (χ1v) is 17.9. The van der Waals surface area contributed by atoms with E-state index in [1.807, 2.05) is 0 Å². The summed E-state index contributed by atoms with van der Waals surface area (Å²) in [5, 5.41) is 29.6. The van der Waals surface area contributed by atoms with E-state index in [9.17, 15) is 48.3 Å². The molecule has 4 heterocycles. The molecule has 3 aliphatic rings. The number of hydrogen-bond donors (Lipinski definition) is 3. The molecule has 286 valence electrons. The van der Waals surface area contributed by atoms with Crippen LogP contribution in [-0.4, -0.2) is 131 Å².